The molecule has 0 aliphatic rings. The van der Waals surface area contributed by atoms with Gasteiger partial charge < -0.3 is 9.15 Å². The molecule has 2 aromatic rings. The highest BCUT2D eigenvalue weighted by Gasteiger charge is 2.08. The van der Waals surface area contributed by atoms with E-state index in [4.69, 9.17) is 9.15 Å². The summed E-state index contributed by atoms with van der Waals surface area (Å²) >= 11 is 1.34. The van der Waals surface area contributed by atoms with Crippen LogP contribution in [-0.4, -0.2) is 28.5 Å². The fourth-order valence-corrected chi connectivity index (χ4v) is 1.87. The van der Waals surface area contributed by atoms with E-state index in [9.17, 15) is 4.79 Å². The predicted octanol–water partition coefficient (Wildman–Crippen LogP) is 2.56. The molecule has 0 radical (unpaired) electrons. The molecule has 1 heterocycles. The monoisotopic (exact) mass is 276 g/mol. The highest BCUT2D eigenvalue weighted by atomic mass is 32.2. The zero-order chi connectivity index (χ0) is 13.5. The molecule has 6 heteroatoms. The SMILES string of the molecule is C=CC(=O)OCCSc1nnc(-c2ccccc2)o1. The zero-order valence-corrected chi connectivity index (χ0v) is 10.9. The van der Waals surface area contributed by atoms with Gasteiger partial charge in [-0.1, -0.05) is 36.5 Å². The van der Waals surface area contributed by atoms with Crippen molar-refractivity contribution in [3.63, 3.8) is 0 Å². The number of hydrogen-bond donors (Lipinski definition) is 0. The van der Waals surface area contributed by atoms with Gasteiger partial charge in [0.25, 0.3) is 5.22 Å². The summed E-state index contributed by atoms with van der Waals surface area (Å²) < 4.78 is 10.3. The van der Waals surface area contributed by atoms with E-state index in [0.29, 0.717) is 16.9 Å². The van der Waals surface area contributed by atoms with E-state index in [2.05, 4.69) is 16.8 Å². The summed E-state index contributed by atoms with van der Waals surface area (Å²) in [6.45, 7) is 3.59. The summed E-state index contributed by atoms with van der Waals surface area (Å²) in [7, 11) is 0. The van der Waals surface area contributed by atoms with E-state index < -0.39 is 5.97 Å². The normalized spacial score (nSPS) is 10.1. The molecule has 0 aliphatic heterocycles. The van der Waals surface area contributed by atoms with Gasteiger partial charge in [0, 0.05) is 17.4 Å². The molecule has 0 unspecified atom stereocenters. The maximum atomic E-state index is 10.8. The molecule has 5 nitrogen and oxygen atoms in total. The molecule has 0 fully saturated rings. The summed E-state index contributed by atoms with van der Waals surface area (Å²) in [5.41, 5.74) is 0.875. The number of carbonyl (C=O) groups is 1. The summed E-state index contributed by atoms with van der Waals surface area (Å²) in [5, 5.41) is 8.32. The molecule has 0 aliphatic carbocycles. The lowest BCUT2D eigenvalue weighted by Crippen LogP contribution is -2.03. The number of carbonyl (C=O) groups excluding carboxylic acids is 1. The Kier molecular flexibility index (Phi) is 4.74. The van der Waals surface area contributed by atoms with Gasteiger partial charge in [0.05, 0.1) is 0 Å². The van der Waals surface area contributed by atoms with Crippen molar-refractivity contribution in [2.24, 2.45) is 0 Å². The maximum absolute atomic E-state index is 10.8. The zero-order valence-electron chi connectivity index (χ0n) is 10.1. The van der Waals surface area contributed by atoms with Gasteiger partial charge in [0.1, 0.15) is 6.61 Å². The molecule has 0 amide bonds. The third kappa shape index (κ3) is 3.96. The van der Waals surface area contributed by atoms with Crippen molar-refractivity contribution >= 4 is 17.7 Å². The largest absolute Gasteiger partial charge is 0.462 e. The second-order valence-electron chi connectivity index (χ2n) is 3.46. The Bertz CT molecular complexity index is 554. The average molecular weight is 276 g/mol. The van der Waals surface area contributed by atoms with Gasteiger partial charge in [-0.05, 0) is 12.1 Å². The van der Waals surface area contributed by atoms with Crippen LogP contribution in [0.1, 0.15) is 0 Å². The molecular formula is C13H12N2O3S. The minimum atomic E-state index is -0.434. The van der Waals surface area contributed by atoms with E-state index in [0.717, 1.165) is 11.6 Å². The second kappa shape index (κ2) is 6.75. The van der Waals surface area contributed by atoms with Gasteiger partial charge in [-0.3, -0.25) is 0 Å². The van der Waals surface area contributed by atoms with Gasteiger partial charge in [0.15, 0.2) is 0 Å². The molecule has 0 saturated carbocycles. The number of thioether (sulfide) groups is 1. The summed E-state index contributed by atoms with van der Waals surface area (Å²) in [5.74, 6) is 0.595. The molecule has 0 N–H and O–H groups in total. The number of benzene rings is 1. The van der Waals surface area contributed by atoms with Crippen LogP contribution in [0, 0.1) is 0 Å². The van der Waals surface area contributed by atoms with Crippen LogP contribution in [0.2, 0.25) is 0 Å². The van der Waals surface area contributed by atoms with Crippen LogP contribution in [0.5, 0.6) is 0 Å². The molecule has 1 aromatic carbocycles. The Hall–Kier alpha value is -2.08. The molecule has 1 aromatic heterocycles. The number of nitrogens with zero attached hydrogens (tertiary/aromatic N) is 2. The van der Waals surface area contributed by atoms with E-state index in [1.807, 2.05) is 30.3 Å². The summed E-state index contributed by atoms with van der Waals surface area (Å²) in [6, 6.07) is 9.52. The van der Waals surface area contributed by atoms with E-state index in [1.165, 1.54) is 11.8 Å². The Balaban J connectivity index is 1.85. The van der Waals surface area contributed by atoms with Crippen molar-refractivity contribution in [3.05, 3.63) is 43.0 Å². The Morgan fingerprint density at radius 3 is 2.89 bits per heavy atom. The first-order valence-electron chi connectivity index (χ1n) is 5.60. The van der Waals surface area contributed by atoms with Crippen molar-refractivity contribution < 1.29 is 13.9 Å². The first-order valence-corrected chi connectivity index (χ1v) is 6.59. The third-order valence-electron chi connectivity index (χ3n) is 2.15. The average Bonchev–Trinajstić information content (AvgIpc) is 2.93. The topological polar surface area (TPSA) is 65.2 Å². The van der Waals surface area contributed by atoms with Crippen LogP contribution in [0.3, 0.4) is 0 Å². The number of ether oxygens (including phenoxy) is 1. The third-order valence-corrected chi connectivity index (χ3v) is 2.93. The van der Waals surface area contributed by atoms with Crippen LogP contribution in [0.25, 0.3) is 11.5 Å². The first-order chi connectivity index (χ1) is 9.29. The standard InChI is InChI=1S/C13H12N2O3S/c1-2-11(16)17-8-9-19-13-15-14-12(18-13)10-6-4-3-5-7-10/h2-7H,1,8-9H2. The maximum Gasteiger partial charge on any atom is 0.330 e. The second-order valence-corrected chi connectivity index (χ2v) is 4.51. The van der Waals surface area contributed by atoms with Gasteiger partial charge in [-0.25, -0.2) is 4.79 Å². The van der Waals surface area contributed by atoms with E-state index in [-0.39, 0.29) is 6.61 Å². The lowest BCUT2D eigenvalue weighted by Gasteiger charge is -1.98. The first kappa shape index (κ1) is 13.4. The molecular weight excluding hydrogens is 264 g/mol. The van der Waals surface area contributed by atoms with Crippen molar-refractivity contribution in [2.75, 3.05) is 12.4 Å². The van der Waals surface area contributed by atoms with E-state index in [1.54, 1.807) is 0 Å². The van der Waals surface area contributed by atoms with Gasteiger partial charge >= 0.3 is 5.97 Å². The van der Waals surface area contributed by atoms with Crippen LogP contribution >= 0.6 is 11.8 Å². The van der Waals surface area contributed by atoms with Crippen molar-refractivity contribution in [2.45, 2.75) is 5.22 Å². The number of hydrogen-bond acceptors (Lipinski definition) is 6. The van der Waals surface area contributed by atoms with Crippen LogP contribution in [0.15, 0.2) is 52.6 Å². The summed E-state index contributed by atoms with van der Waals surface area (Å²) in [6.07, 6.45) is 1.13. The quantitative estimate of drug-likeness (QED) is 0.349. The Labute approximate surface area is 114 Å². The van der Waals surface area contributed by atoms with Gasteiger partial charge in [-0.2, -0.15) is 0 Å². The highest BCUT2D eigenvalue weighted by molar-refractivity contribution is 7.99. The molecule has 19 heavy (non-hydrogen) atoms. The number of aromatic nitrogens is 2. The fraction of sp³-hybridized carbons (Fsp3) is 0.154. The van der Waals surface area contributed by atoms with E-state index >= 15 is 0 Å². The highest BCUT2D eigenvalue weighted by Crippen LogP contribution is 2.22. The molecule has 0 saturated heterocycles. The minimum absolute atomic E-state index is 0.276. The van der Waals surface area contributed by atoms with Gasteiger partial charge in [-0.15, -0.1) is 10.2 Å². The lowest BCUT2D eigenvalue weighted by atomic mass is 10.2. The molecule has 2 rings (SSSR count). The number of rotatable bonds is 6. The lowest BCUT2D eigenvalue weighted by molar-refractivity contribution is -0.137. The Morgan fingerprint density at radius 1 is 1.37 bits per heavy atom. The molecule has 0 spiro atoms. The van der Waals surface area contributed by atoms with Crippen molar-refractivity contribution in [1.29, 1.82) is 0 Å². The Morgan fingerprint density at radius 2 is 2.16 bits per heavy atom. The summed E-state index contributed by atoms with van der Waals surface area (Å²) in [4.78, 5) is 10.8. The van der Waals surface area contributed by atoms with Crippen LogP contribution < -0.4 is 0 Å². The van der Waals surface area contributed by atoms with Crippen molar-refractivity contribution in [1.82, 2.24) is 10.2 Å². The van der Waals surface area contributed by atoms with Crippen molar-refractivity contribution in [3.8, 4) is 11.5 Å². The molecule has 0 bridgehead atoms. The van der Waals surface area contributed by atoms with Crippen LogP contribution in [-0.2, 0) is 9.53 Å². The fourth-order valence-electron chi connectivity index (χ4n) is 1.30. The van der Waals surface area contributed by atoms with Gasteiger partial charge in [0.2, 0.25) is 5.89 Å². The minimum Gasteiger partial charge on any atom is -0.462 e. The smallest absolute Gasteiger partial charge is 0.330 e. The predicted molar refractivity (Wildman–Crippen MR) is 71.6 cm³/mol. The van der Waals surface area contributed by atoms with Crippen LogP contribution in [0.4, 0.5) is 0 Å². The molecule has 98 valence electrons. The molecule has 0 atom stereocenters. The number of esters is 1.